The number of methoxy groups -OCH3 is 1. The van der Waals surface area contributed by atoms with Gasteiger partial charge in [0, 0.05) is 18.7 Å². The number of rotatable bonds is 5. The molecule has 6 nitrogen and oxygen atoms in total. The fourth-order valence-corrected chi connectivity index (χ4v) is 4.50. The molecule has 1 fully saturated rings. The van der Waals surface area contributed by atoms with Gasteiger partial charge in [-0.3, -0.25) is 4.79 Å². The zero-order chi connectivity index (χ0) is 23.6. The Labute approximate surface area is 193 Å². The second-order valence-corrected chi connectivity index (χ2v) is 8.44. The number of thiazole rings is 1. The van der Waals surface area contributed by atoms with Crippen LogP contribution in [0.1, 0.15) is 20.9 Å². The topological polar surface area (TPSA) is 63.7 Å². The number of amides is 1. The predicted octanol–water partition coefficient (Wildman–Crippen LogP) is 5.23. The third-order valence-electron chi connectivity index (χ3n) is 5.26. The molecule has 2 aromatic carbocycles. The van der Waals surface area contributed by atoms with Crippen LogP contribution in [-0.2, 0) is 10.9 Å². The van der Waals surface area contributed by atoms with Crippen LogP contribution in [0.25, 0.3) is 10.6 Å². The first-order valence-electron chi connectivity index (χ1n) is 10.2. The molecular formula is C23H22F3N3O3S. The predicted molar refractivity (Wildman–Crippen MR) is 121 cm³/mol. The number of nitrogens with zero attached hydrogens (tertiary/aromatic N) is 2. The van der Waals surface area contributed by atoms with E-state index in [2.05, 4.69) is 10.3 Å². The molecule has 0 unspecified atom stereocenters. The summed E-state index contributed by atoms with van der Waals surface area (Å²) in [5.74, 6) is 0.198. The molecule has 3 aromatic rings. The first-order valence-corrected chi connectivity index (χ1v) is 11.0. The van der Waals surface area contributed by atoms with Crippen molar-refractivity contribution in [3.05, 3.63) is 58.6 Å². The number of aromatic nitrogens is 1. The highest BCUT2D eigenvalue weighted by molar-refractivity contribution is 7.17. The van der Waals surface area contributed by atoms with Gasteiger partial charge in [0.15, 0.2) is 0 Å². The molecule has 0 aliphatic carbocycles. The van der Waals surface area contributed by atoms with Gasteiger partial charge in [0.05, 0.1) is 43.0 Å². The van der Waals surface area contributed by atoms with E-state index in [1.807, 2.05) is 17.0 Å². The van der Waals surface area contributed by atoms with Gasteiger partial charge >= 0.3 is 6.18 Å². The summed E-state index contributed by atoms with van der Waals surface area (Å²) < 4.78 is 50.5. The van der Waals surface area contributed by atoms with Crippen molar-refractivity contribution in [1.82, 2.24) is 4.98 Å². The van der Waals surface area contributed by atoms with E-state index in [4.69, 9.17) is 9.47 Å². The average Bonchev–Trinajstić information content (AvgIpc) is 3.21. The van der Waals surface area contributed by atoms with Crippen molar-refractivity contribution in [2.24, 2.45) is 0 Å². The van der Waals surface area contributed by atoms with Gasteiger partial charge in [-0.05, 0) is 49.4 Å². The summed E-state index contributed by atoms with van der Waals surface area (Å²) in [7, 11) is 1.57. The molecule has 33 heavy (non-hydrogen) atoms. The summed E-state index contributed by atoms with van der Waals surface area (Å²) in [6, 6.07) is 10.7. The van der Waals surface area contributed by atoms with Crippen LogP contribution in [0, 0.1) is 6.92 Å². The molecule has 1 amide bonds. The lowest BCUT2D eigenvalue weighted by atomic mass is 10.1. The van der Waals surface area contributed by atoms with E-state index in [0.29, 0.717) is 53.3 Å². The molecule has 10 heteroatoms. The number of benzene rings is 2. The largest absolute Gasteiger partial charge is 0.497 e. The Hall–Kier alpha value is -3.11. The number of alkyl halides is 3. The number of hydrogen-bond acceptors (Lipinski definition) is 6. The second-order valence-electron chi connectivity index (χ2n) is 7.45. The Morgan fingerprint density at radius 2 is 1.85 bits per heavy atom. The number of carbonyl (C=O) groups excluding carboxylic acids is 1. The lowest BCUT2D eigenvalue weighted by Crippen LogP contribution is -2.36. The minimum atomic E-state index is -4.52. The first-order chi connectivity index (χ1) is 15.8. The fourth-order valence-electron chi connectivity index (χ4n) is 3.54. The zero-order valence-corrected chi connectivity index (χ0v) is 18.8. The second kappa shape index (κ2) is 9.40. The van der Waals surface area contributed by atoms with E-state index in [-0.39, 0.29) is 5.69 Å². The van der Waals surface area contributed by atoms with Crippen LogP contribution in [0.3, 0.4) is 0 Å². The van der Waals surface area contributed by atoms with Crippen molar-refractivity contribution >= 4 is 28.6 Å². The minimum absolute atomic E-state index is 0.107. The van der Waals surface area contributed by atoms with Crippen LogP contribution in [-0.4, -0.2) is 44.3 Å². The van der Waals surface area contributed by atoms with Crippen molar-refractivity contribution in [2.45, 2.75) is 13.1 Å². The molecular weight excluding hydrogens is 455 g/mol. The van der Waals surface area contributed by atoms with Crippen molar-refractivity contribution in [3.8, 4) is 16.3 Å². The van der Waals surface area contributed by atoms with Gasteiger partial charge in [0.1, 0.15) is 15.6 Å². The van der Waals surface area contributed by atoms with E-state index in [1.54, 1.807) is 26.2 Å². The SMILES string of the molecule is COc1ccc(-c2nc(C)c(C(=O)Nc3cc(C(F)(F)F)ccc3N3CCOCC3)s2)cc1. The van der Waals surface area contributed by atoms with Crippen molar-refractivity contribution < 1.29 is 27.4 Å². The molecule has 1 aliphatic heterocycles. The van der Waals surface area contributed by atoms with Crippen LogP contribution >= 0.6 is 11.3 Å². The van der Waals surface area contributed by atoms with Gasteiger partial charge in [-0.25, -0.2) is 4.98 Å². The Balaban J connectivity index is 1.64. The van der Waals surface area contributed by atoms with Gasteiger partial charge in [-0.15, -0.1) is 11.3 Å². The molecule has 1 saturated heterocycles. The van der Waals surface area contributed by atoms with Crippen LogP contribution in [0.15, 0.2) is 42.5 Å². The third kappa shape index (κ3) is 5.12. The van der Waals surface area contributed by atoms with Crippen LogP contribution in [0.4, 0.5) is 24.5 Å². The van der Waals surface area contributed by atoms with Crippen LogP contribution in [0.5, 0.6) is 5.75 Å². The van der Waals surface area contributed by atoms with Gasteiger partial charge < -0.3 is 19.7 Å². The first kappa shape index (κ1) is 23.1. The molecule has 0 saturated carbocycles. The molecule has 174 valence electrons. The Kier molecular flexibility index (Phi) is 6.57. The summed E-state index contributed by atoms with van der Waals surface area (Å²) >= 11 is 1.18. The number of nitrogens with one attached hydrogen (secondary N) is 1. The summed E-state index contributed by atoms with van der Waals surface area (Å²) in [6.45, 7) is 3.68. The molecule has 2 heterocycles. The molecule has 0 spiro atoms. The number of aryl methyl sites for hydroxylation is 1. The maximum Gasteiger partial charge on any atom is 0.416 e. The average molecular weight is 478 g/mol. The van der Waals surface area contributed by atoms with Gasteiger partial charge in [-0.2, -0.15) is 13.2 Å². The summed E-state index contributed by atoms with van der Waals surface area (Å²) in [4.78, 5) is 19.8. The number of carbonyl (C=O) groups is 1. The minimum Gasteiger partial charge on any atom is -0.497 e. The zero-order valence-electron chi connectivity index (χ0n) is 18.0. The van der Waals surface area contributed by atoms with E-state index in [0.717, 1.165) is 17.7 Å². The Bertz CT molecular complexity index is 1140. The molecule has 0 atom stereocenters. The Morgan fingerprint density at radius 1 is 1.15 bits per heavy atom. The van der Waals surface area contributed by atoms with Crippen LogP contribution in [0.2, 0.25) is 0 Å². The third-order valence-corrected chi connectivity index (χ3v) is 6.47. The molecule has 1 aliphatic rings. The standard InChI is InChI=1S/C23H22F3N3O3S/c1-14-20(33-22(27-14)15-3-6-17(31-2)7-4-15)21(30)28-18-13-16(23(24,25)26)5-8-19(18)29-9-11-32-12-10-29/h3-8,13H,9-12H2,1-2H3,(H,28,30). The van der Waals surface area contributed by atoms with Crippen molar-refractivity contribution in [3.63, 3.8) is 0 Å². The number of halogens is 3. The summed E-state index contributed by atoms with van der Waals surface area (Å²) in [5.41, 5.74) is 1.13. The summed E-state index contributed by atoms with van der Waals surface area (Å²) in [6.07, 6.45) is -4.52. The van der Waals surface area contributed by atoms with Crippen molar-refractivity contribution in [1.29, 1.82) is 0 Å². The number of anilines is 2. The maximum atomic E-state index is 13.3. The fraction of sp³-hybridized carbons (Fsp3) is 0.304. The van der Waals surface area contributed by atoms with E-state index < -0.39 is 17.6 Å². The lowest BCUT2D eigenvalue weighted by molar-refractivity contribution is -0.137. The number of ether oxygens (including phenoxy) is 2. The van der Waals surface area contributed by atoms with Gasteiger partial charge in [0.2, 0.25) is 0 Å². The molecule has 1 aromatic heterocycles. The quantitative estimate of drug-likeness (QED) is 0.545. The molecule has 0 bridgehead atoms. The van der Waals surface area contributed by atoms with Gasteiger partial charge in [0.25, 0.3) is 5.91 Å². The van der Waals surface area contributed by atoms with E-state index in [9.17, 15) is 18.0 Å². The highest BCUT2D eigenvalue weighted by Gasteiger charge is 2.32. The molecule has 1 N–H and O–H groups in total. The van der Waals surface area contributed by atoms with E-state index >= 15 is 0 Å². The lowest BCUT2D eigenvalue weighted by Gasteiger charge is -2.31. The van der Waals surface area contributed by atoms with Gasteiger partial charge in [-0.1, -0.05) is 0 Å². The van der Waals surface area contributed by atoms with Crippen LogP contribution < -0.4 is 15.0 Å². The number of morpholine rings is 1. The molecule has 0 radical (unpaired) electrons. The van der Waals surface area contributed by atoms with E-state index in [1.165, 1.54) is 17.4 Å². The highest BCUT2D eigenvalue weighted by atomic mass is 32.1. The maximum absolute atomic E-state index is 13.3. The Morgan fingerprint density at radius 3 is 2.48 bits per heavy atom. The highest BCUT2D eigenvalue weighted by Crippen LogP contribution is 2.37. The molecule has 4 rings (SSSR count). The monoisotopic (exact) mass is 477 g/mol. The smallest absolute Gasteiger partial charge is 0.416 e. The normalized spacial score (nSPS) is 14.3. The number of hydrogen-bond donors (Lipinski definition) is 1. The summed E-state index contributed by atoms with van der Waals surface area (Å²) in [5, 5.41) is 3.33. The van der Waals surface area contributed by atoms with Crippen molar-refractivity contribution in [2.75, 3.05) is 43.6 Å².